The van der Waals surface area contributed by atoms with Gasteiger partial charge in [0.15, 0.2) is 0 Å². The Morgan fingerprint density at radius 1 is 1.25 bits per heavy atom. The van der Waals surface area contributed by atoms with E-state index in [4.69, 9.17) is 4.74 Å². The molecule has 0 aromatic heterocycles. The molecule has 108 valence electrons. The Labute approximate surface area is 118 Å². The molecule has 3 rings (SSSR count). The van der Waals surface area contributed by atoms with Crippen molar-refractivity contribution >= 4 is 5.91 Å². The van der Waals surface area contributed by atoms with E-state index in [-0.39, 0.29) is 12.5 Å². The molecule has 0 bridgehead atoms. The molecule has 0 spiro atoms. The molecule has 0 radical (unpaired) electrons. The first-order valence-corrected chi connectivity index (χ1v) is 7.38. The van der Waals surface area contributed by atoms with Crippen molar-refractivity contribution < 1.29 is 13.9 Å². The number of ether oxygens (including phenoxy) is 1. The molecule has 1 heterocycles. The van der Waals surface area contributed by atoms with Crippen LogP contribution in [0.25, 0.3) is 0 Å². The first kappa shape index (κ1) is 13.4. The number of nitrogens with zero attached hydrogens (tertiary/aromatic N) is 1. The molecule has 1 saturated carbocycles. The fraction of sp³-hybridized carbons (Fsp3) is 0.562. The Balaban J connectivity index is 1.54. The highest BCUT2D eigenvalue weighted by Crippen LogP contribution is 2.26. The monoisotopic (exact) mass is 277 g/mol. The van der Waals surface area contributed by atoms with E-state index in [1.165, 1.54) is 0 Å². The SMILES string of the molecule is O=C(Cc1ccc(OC2CC2)cc1)N1CCC[C@@H](F)C1. The van der Waals surface area contributed by atoms with E-state index in [0.717, 1.165) is 30.6 Å². The second-order valence-corrected chi connectivity index (χ2v) is 5.72. The molecule has 1 aromatic carbocycles. The van der Waals surface area contributed by atoms with Crippen LogP contribution in [-0.2, 0) is 11.2 Å². The zero-order valence-corrected chi connectivity index (χ0v) is 11.6. The van der Waals surface area contributed by atoms with Crippen LogP contribution < -0.4 is 4.74 Å². The Bertz CT molecular complexity index is 470. The summed E-state index contributed by atoms with van der Waals surface area (Å²) in [6, 6.07) is 7.67. The zero-order valence-electron chi connectivity index (χ0n) is 11.6. The van der Waals surface area contributed by atoms with Crippen molar-refractivity contribution in [2.75, 3.05) is 13.1 Å². The van der Waals surface area contributed by atoms with Gasteiger partial charge in [-0.3, -0.25) is 4.79 Å². The minimum atomic E-state index is -0.859. The van der Waals surface area contributed by atoms with E-state index in [0.29, 0.717) is 25.5 Å². The maximum Gasteiger partial charge on any atom is 0.227 e. The molecule has 1 amide bonds. The third-order valence-electron chi connectivity index (χ3n) is 3.82. The van der Waals surface area contributed by atoms with Gasteiger partial charge >= 0.3 is 0 Å². The quantitative estimate of drug-likeness (QED) is 0.847. The molecule has 1 saturated heterocycles. The van der Waals surface area contributed by atoms with Gasteiger partial charge in [-0.2, -0.15) is 0 Å². The lowest BCUT2D eigenvalue weighted by atomic mass is 10.1. The maximum atomic E-state index is 13.3. The van der Waals surface area contributed by atoms with Gasteiger partial charge in [0.2, 0.25) is 5.91 Å². The van der Waals surface area contributed by atoms with Gasteiger partial charge in [-0.1, -0.05) is 12.1 Å². The van der Waals surface area contributed by atoms with Crippen LogP contribution in [0.2, 0.25) is 0 Å². The van der Waals surface area contributed by atoms with E-state index in [9.17, 15) is 9.18 Å². The number of carbonyl (C=O) groups excluding carboxylic acids is 1. The Kier molecular flexibility index (Phi) is 3.90. The molecule has 0 unspecified atom stereocenters. The first-order chi connectivity index (χ1) is 9.70. The highest BCUT2D eigenvalue weighted by Gasteiger charge is 2.24. The summed E-state index contributed by atoms with van der Waals surface area (Å²) < 4.78 is 19.0. The van der Waals surface area contributed by atoms with Gasteiger partial charge in [0.1, 0.15) is 11.9 Å². The number of piperidine rings is 1. The topological polar surface area (TPSA) is 29.5 Å². The van der Waals surface area contributed by atoms with Crippen LogP contribution in [-0.4, -0.2) is 36.2 Å². The van der Waals surface area contributed by atoms with Gasteiger partial charge in [0, 0.05) is 6.54 Å². The standard InChI is InChI=1S/C16H20FNO2/c17-13-2-1-9-18(11-13)16(19)10-12-3-5-14(6-4-12)20-15-7-8-15/h3-6,13,15H,1-2,7-11H2/t13-/m1/s1. The average Bonchev–Trinajstić information content (AvgIpc) is 3.25. The Morgan fingerprint density at radius 2 is 2.00 bits per heavy atom. The van der Waals surface area contributed by atoms with E-state index >= 15 is 0 Å². The van der Waals surface area contributed by atoms with Crippen LogP contribution in [0.3, 0.4) is 0 Å². The number of amides is 1. The van der Waals surface area contributed by atoms with Crippen molar-refractivity contribution in [1.82, 2.24) is 4.90 Å². The summed E-state index contributed by atoms with van der Waals surface area (Å²) in [6.45, 7) is 0.934. The van der Waals surface area contributed by atoms with Crippen LogP contribution in [0.5, 0.6) is 5.75 Å². The Morgan fingerprint density at radius 3 is 2.65 bits per heavy atom. The molecular formula is C16H20FNO2. The predicted molar refractivity (Wildman–Crippen MR) is 74.5 cm³/mol. The fourth-order valence-electron chi connectivity index (χ4n) is 2.50. The lowest BCUT2D eigenvalue weighted by molar-refractivity contribution is -0.132. The van der Waals surface area contributed by atoms with Crippen LogP contribution in [0.4, 0.5) is 4.39 Å². The number of alkyl halides is 1. The number of halogens is 1. The average molecular weight is 277 g/mol. The van der Waals surface area contributed by atoms with Crippen molar-refractivity contribution in [2.45, 2.75) is 44.4 Å². The Hall–Kier alpha value is -1.58. The van der Waals surface area contributed by atoms with E-state index < -0.39 is 6.17 Å². The molecule has 1 aliphatic carbocycles. The number of likely N-dealkylation sites (tertiary alicyclic amines) is 1. The molecule has 2 fully saturated rings. The zero-order chi connectivity index (χ0) is 13.9. The van der Waals surface area contributed by atoms with Gasteiger partial charge < -0.3 is 9.64 Å². The van der Waals surface area contributed by atoms with Gasteiger partial charge in [-0.15, -0.1) is 0 Å². The predicted octanol–water partition coefficient (Wildman–Crippen LogP) is 2.73. The second kappa shape index (κ2) is 5.81. The summed E-state index contributed by atoms with van der Waals surface area (Å²) in [4.78, 5) is 13.8. The molecule has 4 heteroatoms. The highest BCUT2D eigenvalue weighted by atomic mass is 19.1. The number of hydrogen-bond donors (Lipinski definition) is 0. The minimum absolute atomic E-state index is 0.0169. The van der Waals surface area contributed by atoms with Gasteiger partial charge in [-0.05, 0) is 43.4 Å². The van der Waals surface area contributed by atoms with Crippen molar-refractivity contribution in [2.24, 2.45) is 0 Å². The fourth-order valence-corrected chi connectivity index (χ4v) is 2.50. The molecule has 2 aliphatic rings. The molecule has 1 aliphatic heterocycles. The van der Waals surface area contributed by atoms with Crippen molar-refractivity contribution in [3.8, 4) is 5.75 Å². The minimum Gasteiger partial charge on any atom is -0.490 e. The second-order valence-electron chi connectivity index (χ2n) is 5.72. The first-order valence-electron chi connectivity index (χ1n) is 7.38. The highest BCUT2D eigenvalue weighted by molar-refractivity contribution is 5.79. The van der Waals surface area contributed by atoms with Crippen LogP contribution in [0.15, 0.2) is 24.3 Å². The number of hydrogen-bond acceptors (Lipinski definition) is 2. The molecule has 1 atom stereocenters. The molecular weight excluding hydrogens is 257 g/mol. The lowest BCUT2D eigenvalue weighted by Crippen LogP contribution is -2.41. The van der Waals surface area contributed by atoms with E-state index in [1.807, 2.05) is 24.3 Å². The van der Waals surface area contributed by atoms with Crippen molar-refractivity contribution in [3.63, 3.8) is 0 Å². The summed E-state index contributed by atoms with van der Waals surface area (Å²) in [5.74, 6) is 0.883. The smallest absolute Gasteiger partial charge is 0.227 e. The third-order valence-corrected chi connectivity index (χ3v) is 3.82. The van der Waals surface area contributed by atoms with Gasteiger partial charge in [-0.25, -0.2) is 4.39 Å². The van der Waals surface area contributed by atoms with Crippen molar-refractivity contribution in [1.29, 1.82) is 0 Å². The molecule has 0 N–H and O–H groups in total. The van der Waals surface area contributed by atoms with E-state index in [2.05, 4.69) is 0 Å². The van der Waals surface area contributed by atoms with Gasteiger partial charge in [0.05, 0.1) is 19.1 Å². The van der Waals surface area contributed by atoms with Crippen LogP contribution >= 0.6 is 0 Å². The lowest BCUT2D eigenvalue weighted by Gasteiger charge is -2.29. The summed E-state index contributed by atoms with van der Waals surface area (Å²) >= 11 is 0. The summed E-state index contributed by atoms with van der Waals surface area (Å²) in [5.41, 5.74) is 0.958. The van der Waals surface area contributed by atoms with Crippen molar-refractivity contribution in [3.05, 3.63) is 29.8 Å². The van der Waals surface area contributed by atoms with Gasteiger partial charge in [0.25, 0.3) is 0 Å². The molecule has 3 nitrogen and oxygen atoms in total. The summed E-state index contributed by atoms with van der Waals surface area (Å²) in [7, 11) is 0. The summed E-state index contributed by atoms with van der Waals surface area (Å²) in [6.07, 6.45) is 3.49. The molecule has 20 heavy (non-hydrogen) atoms. The summed E-state index contributed by atoms with van der Waals surface area (Å²) in [5, 5.41) is 0. The van der Waals surface area contributed by atoms with E-state index in [1.54, 1.807) is 4.90 Å². The third kappa shape index (κ3) is 3.50. The largest absolute Gasteiger partial charge is 0.490 e. The van der Waals surface area contributed by atoms with Crippen LogP contribution in [0, 0.1) is 0 Å². The van der Waals surface area contributed by atoms with Crippen LogP contribution in [0.1, 0.15) is 31.2 Å². The number of benzene rings is 1. The number of carbonyl (C=O) groups is 1. The molecule has 1 aromatic rings. The normalized spacial score (nSPS) is 22.6. The number of rotatable bonds is 4. The maximum absolute atomic E-state index is 13.3.